The van der Waals surface area contributed by atoms with Crippen LogP contribution >= 0.6 is 0 Å². The maximum Gasteiger partial charge on any atom is 0.217 e. The van der Waals surface area contributed by atoms with E-state index in [1.54, 1.807) is 0 Å². The van der Waals surface area contributed by atoms with Crippen LogP contribution in [0.4, 0.5) is 0 Å². The summed E-state index contributed by atoms with van der Waals surface area (Å²) >= 11 is 0. The van der Waals surface area contributed by atoms with E-state index in [2.05, 4.69) is 5.32 Å². The Morgan fingerprint density at radius 2 is 1.54 bits per heavy atom. The van der Waals surface area contributed by atoms with Crippen molar-refractivity contribution >= 4 is 5.91 Å². The molecule has 2 aliphatic heterocycles. The fourth-order valence-electron chi connectivity index (χ4n) is 2.98. The molecule has 12 heteroatoms. The Labute approximate surface area is 148 Å². The van der Waals surface area contributed by atoms with Crippen molar-refractivity contribution in [1.82, 2.24) is 5.32 Å². The van der Waals surface area contributed by atoms with Gasteiger partial charge in [0.2, 0.25) is 5.91 Å². The van der Waals surface area contributed by atoms with Crippen LogP contribution in [0.15, 0.2) is 0 Å². The number of ether oxygens (including phenoxy) is 3. The minimum atomic E-state index is -1.73. The van der Waals surface area contributed by atoms with Crippen LogP contribution in [0.5, 0.6) is 0 Å². The molecule has 12 nitrogen and oxygen atoms in total. The first-order chi connectivity index (χ1) is 12.2. The minimum absolute atomic E-state index is 0.564. The SMILES string of the molecule is CC(=O)NC1C(O)OC(CO)[C@H](O[C@H]2OC(CO)[C@H](O)[C@H](O)C2O)[C@@H]1O. The number of hydrogen-bond acceptors (Lipinski definition) is 11. The van der Waals surface area contributed by atoms with Crippen molar-refractivity contribution < 1.29 is 54.8 Å². The molecule has 0 bridgehead atoms. The van der Waals surface area contributed by atoms with Crippen LogP contribution in [0.3, 0.4) is 0 Å². The van der Waals surface area contributed by atoms with Crippen molar-refractivity contribution in [3.63, 3.8) is 0 Å². The molecule has 0 aromatic heterocycles. The van der Waals surface area contributed by atoms with Crippen LogP contribution < -0.4 is 5.32 Å². The first-order valence-corrected chi connectivity index (χ1v) is 8.06. The Bertz CT molecular complexity index is 478. The van der Waals surface area contributed by atoms with Gasteiger partial charge in [0.05, 0.1) is 13.2 Å². The molecular weight excluding hydrogens is 358 g/mol. The van der Waals surface area contributed by atoms with E-state index in [9.17, 15) is 40.5 Å². The third-order valence-corrected chi connectivity index (χ3v) is 4.38. The van der Waals surface area contributed by atoms with Gasteiger partial charge in [0, 0.05) is 6.92 Å². The molecule has 10 atom stereocenters. The molecule has 2 heterocycles. The molecule has 26 heavy (non-hydrogen) atoms. The summed E-state index contributed by atoms with van der Waals surface area (Å²) < 4.78 is 15.7. The molecule has 2 rings (SSSR count). The second-order valence-corrected chi connectivity index (χ2v) is 6.26. The summed E-state index contributed by atoms with van der Waals surface area (Å²) in [7, 11) is 0. The largest absolute Gasteiger partial charge is 0.394 e. The summed E-state index contributed by atoms with van der Waals surface area (Å²) in [5, 5.41) is 70.7. The third kappa shape index (κ3) is 4.31. The van der Waals surface area contributed by atoms with Gasteiger partial charge in [0.1, 0.15) is 48.8 Å². The average molecular weight is 383 g/mol. The lowest BCUT2D eigenvalue weighted by Crippen LogP contribution is -2.67. The van der Waals surface area contributed by atoms with Crippen LogP contribution in [0.2, 0.25) is 0 Å². The Hall–Kier alpha value is -0.930. The van der Waals surface area contributed by atoms with Gasteiger partial charge in [-0.3, -0.25) is 4.79 Å². The van der Waals surface area contributed by atoms with Gasteiger partial charge in [-0.2, -0.15) is 0 Å². The number of carbonyl (C=O) groups is 1. The normalized spacial score (nSPS) is 46.8. The van der Waals surface area contributed by atoms with Crippen molar-refractivity contribution in [1.29, 1.82) is 0 Å². The zero-order chi connectivity index (χ0) is 19.6. The summed E-state index contributed by atoms with van der Waals surface area (Å²) in [6.45, 7) is -0.195. The summed E-state index contributed by atoms with van der Waals surface area (Å²) in [5.74, 6) is -0.564. The molecule has 8 N–H and O–H groups in total. The maximum atomic E-state index is 11.2. The zero-order valence-electron chi connectivity index (χ0n) is 14.0. The van der Waals surface area contributed by atoms with Crippen LogP contribution in [-0.2, 0) is 19.0 Å². The van der Waals surface area contributed by atoms with E-state index >= 15 is 0 Å². The highest BCUT2D eigenvalue weighted by Crippen LogP contribution is 2.28. The van der Waals surface area contributed by atoms with Crippen molar-refractivity contribution in [2.24, 2.45) is 0 Å². The Balaban J connectivity index is 2.16. The molecule has 152 valence electrons. The Kier molecular flexibility index (Phi) is 7.27. The number of hydrogen-bond donors (Lipinski definition) is 8. The highest BCUT2D eigenvalue weighted by molar-refractivity contribution is 5.73. The van der Waals surface area contributed by atoms with E-state index in [-0.39, 0.29) is 0 Å². The molecule has 0 aliphatic carbocycles. The Morgan fingerprint density at radius 3 is 2.08 bits per heavy atom. The topological polar surface area (TPSA) is 198 Å². The van der Waals surface area contributed by atoms with Crippen LogP contribution in [0.25, 0.3) is 0 Å². The van der Waals surface area contributed by atoms with Gasteiger partial charge in [-0.1, -0.05) is 0 Å². The van der Waals surface area contributed by atoms with Crippen LogP contribution in [0.1, 0.15) is 6.92 Å². The molecule has 2 aliphatic rings. The molecule has 0 saturated carbocycles. The van der Waals surface area contributed by atoms with Gasteiger partial charge in [-0.25, -0.2) is 0 Å². The van der Waals surface area contributed by atoms with Crippen LogP contribution in [0, 0.1) is 0 Å². The van der Waals surface area contributed by atoms with Gasteiger partial charge in [0.15, 0.2) is 12.6 Å². The van der Waals surface area contributed by atoms with Crippen molar-refractivity contribution in [2.75, 3.05) is 13.2 Å². The number of rotatable bonds is 5. The number of nitrogens with one attached hydrogen (secondary N) is 1. The first-order valence-electron chi connectivity index (χ1n) is 8.06. The van der Waals surface area contributed by atoms with Gasteiger partial charge in [0.25, 0.3) is 0 Å². The molecule has 0 spiro atoms. The molecule has 0 radical (unpaired) electrons. The lowest BCUT2D eigenvalue weighted by atomic mass is 9.95. The van der Waals surface area contributed by atoms with Gasteiger partial charge in [-0.15, -0.1) is 0 Å². The summed E-state index contributed by atoms with van der Waals surface area (Å²) in [6.07, 6.45) is -13.6. The number of aliphatic hydroxyl groups excluding tert-OH is 7. The Morgan fingerprint density at radius 1 is 0.923 bits per heavy atom. The second kappa shape index (κ2) is 8.84. The molecule has 0 aromatic carbocycles. The number of carbonyl (C=O) groups excluding carboxylic acids is 1. The van der Waals surface area contributed by atoms with Crippen molar-refractivity contribution in [3.8, 4) is 0 Å². The summed E-state index contributed by atoms with van der Waals surface area (Å²) in [6, 6.07) is -1.29. The smallest absolute Gasteiger partial charge is 0.217 e. The predicted octanol–water partition coefficient (Wildman–Crippen LogP) is -5.25. The fraction of sp³-hybridized carbons (Fsp3) is 0.929. The van der Waals surface area contributed by atoms with E-state index in [0.717, 1.165) is 6.92 Å². The summed E-state index contributed by atoms with van der Waals surface area (Å²) in [5.41, 5.74) is 0. The highest BCUT2D eigenvalue weighted by Gasteiger charge is 2.50. The summed E-state index contributed by atoms with van der Waals surface area (Å²) in [4.78, 5) is 11.2. The van der Waals surface area contributed by atoms with Gasteiger partial charge < -0.3 is 55.3 Å². The van der Waals surface area contributed by atoms with Gasteiger partial charge >= 0.3 is 0 Å². The van der Waals surface area contributed by atoms with Crippen molar-refractivity contribution in [3.05, 3.63) is 0 Å². The molecule has 2 fully saturated rings. The minimum Gasteiger partial charge on any atom is -0.394 e. The first kappa shape index (κ1) is 21.4. The molecule has 0 aromatic rings. The lowest BCUT2D eigenvalue weighted by molar-refractivity contribution is -0.345. The standard InChI is InChI=1S/C14H25NO11/c1-4(18)15-7-9(20)12(6(3-17)24-13(7)23)26-14-11(22)10(21)8(19)5(2-16)25-14/h5-14,16-17,19-23H,2-3H2,1H3,(H,15,18)/t5?,6?,7?,8-,9+,10-,11?,12-,13?,14+/m0/s1. The van der Waals surface area contributed by atoms with Crippen LogP contribution in [-0.4, -0.2) is 116 Å². The monoisotopic (exact) mass is 383 g/mol. The van der Waals surface area contributed by atoms with Gasteiger partial charge in [-0.05, 0) is 0 Å². The maximum absolute atomic E-state index is 11.2. The third-order valence-electron chi connectivity index (χ3n) is 4.38. The molecule has 1 amide bonds. The lowest BCUT2D eigenvalue weighted by Gasteiger charge is -2.46. The fourth-order valence-corrected chi connectivity index (χ4v) is 2.98. The molecule has 2 saturated heterocycles. The quantitative estimate of drug-likeness (QED) is 0.226. The van der Waals surface area contributed by atoms with E-state index < -0.39 is 80.5 Å². The second-order valence-electron chi connectivity index (χ2n) is 6.26. The molecule has 5 unspecified atom stereocenters. The van der Waals surface area contributed by atoms with E-state index in [1.807, 2.05) is 0 Å². The van der Waals surface area contributed by atoms with E-state index in [0.29, 0.717) is 0 Å². The van der Waals surface area contributed by atoms with Crippen molar-refractivity contribution in [2.45, 2.75) is 68.3 Å². The zero-order valence-corrected chi connectivity index (χ0v) is 14.0. The number of aliphatic hydroxyl groups is 7. The number of amides is 1. The van der Waals surface area contributed by atoms with E-state index in [1.165, 1.54) is 0 Å². The van der Waals surface area contributed by atoms with E-state index in [4.69, 9.17) is 14.2 Å². The highest BCUT2D eigenvalue weighted by atomic mass is 16.7. The average Bonchev–Trinajstić information content (AvgIpc) is 2.60. The molecular formula is C14H25NO11. The predicted molar refractivity (Wildman–Crippen MR) is 80.2 cm³/mol.